The fourth-order valence-electron chi connectivity index (χ4n) is 1.77. The fourth-order valence-corrected chi connectivity index (χ4v) is 2.78. The number of halogens is 2. The number of aryl methyl sites for hydroxylation is 2. The number of benzene rings is 1. The molecule has 5 heteroatoms. The number of rotatable bonds is 4. The van der Waals surface area contributed by atoms with Crippen LogP contribution in [0.5, 0.6) is 0 Å². The molecule has 0 saturated heterocycles. The second kappa shape index (κ2) is 5.93. The van der Waals surface area contributed by atoms with E-state index in [-0.39, 0.29) is 0 Å². The molecule has 2 rings (SSSR count). The Bertz CT molecular complexity index is 551. The Labute approximate surface area is 126 Å². The molecule has 0 fully saturated rings. The van der Waals surface area contributed by atoms with E-state index in [2.05, 4.69) is 50.6 Å². The van der Waals surface area contributed by atoms with Crippen molar-refractivity contribution in [2.24, 2.45) is 0 Å². The Kier molecular flexibility index (Phi) is 4.50. The highest BCUT2D eigenvalue weighted by Crippen LogP contribution is 2.25. The van der Waals surface area contributed by atoms with Gasteiger partial charge < -0.3 is 9.88 Å². The third-order valence-electron chi connectivity index (χ3n) is 2.54. The van der Waals surface area contributed by atoms with Crippen LogP contribution in [0.15, 0.2) is 24.4 Å². The van der Waals surface area contributed by atoms with E-state index in [1.54, 1.807) is 0 Å². The van der Waals surface area contributed by atoms with Crippen LogP contribution in [0.4, 0.5) is 11.6 Å². The molecule has 0 atom stereocenters. The number of nitrogens with one attached hydrogen (secondary N) is 1. The molecule has 3 nitrogen and oxygen atoms in total. The summed E-state index contributed by atoms with van der Waals surface area (Å²) in [5.41, 5.74) is 2.05. The number of hydrogen-bond donors (Lipinski definition) is 1. The summed E-state index contributed by atoms with van der Waals surface area (Å²) in [6.45, 7) is 5.13. The molecule has 0 bridgehead atoms. The maximum absolute atomic E-state index is 5.95. The zero-order chi connectivity index (χ0) is 13.1. The van der Waals surface area contributed by atoms with Gasteiger partial charge in [0, 0.05) is 21.3 Å². The third-order valence-corrected chi connectivity index (χ3v) is 3.67. The Morgan fingerprint density at radius 1 is 1.44 bits per heavy atom. The molecule has 0 unspecified atom stereocenters. The van der Waals surface area contributed by atoms with Gasteiger partial charge in [-0.3, -0.25) is 0 Å². The summed E-state index contributed by atoms with van der Waals surface area (Å²) in [6, 6.07) is 5.79. The van der Waals surface area contributed by atoms with Crippen LogP contribution in [0.2, 0.25) is 5.02 Å². The third kappa shape index (κ3) is 3.17. The van der Waals surface area contributed by atoms with Gasteiger partial charge in [-0.25, -0.2) is 4.98 Å². The van der Waals surface area contributed by atoms with Gasteiger partial charge in [-0.05, 0) is 54.1 Å². The van der Waals surface area contributed by atoms with Crippen molar-refractivity contribution in [1.82, 2.24) is 9.55 Å². The lowest BCUT2D eigenvalue weighted by Crippen LogP contribution is -2.03. The molecule has 1 heterocycles. The Hall–Kier alpha value is -0.750. The fraction of sp³-hybridized carbons (Fsp3) is 0.308. The number of nitrogens with zero attached hydrogens (tertiary/aromatic N) is 2. The quantitative estimate of drug-likeness (QED) is 0.791. The highest BCUT2D eigenvalue weighted by atomic mass is 127. The van der Waals surface area contributed by atoms with Gasteiger partial charge in [-0.1, -0.05) is 18.5 Å². The molecule has 2 aromatic rings. The largest absolute Gasteiger partial charge is 0.325 e. The SMILES string of the molecule is CCCn1cc(C)nc1Nc1ccc(Cl)cc1I. The lowest BCUT2D eigenvalue weighted by Gasteiger charge is -2.10. The van der Waals surface area contributed by atoms with Crippen LogP contribution in [0, 0.1) is 10.5 Å². The number of anilines is 2. The van der Waals surface area contributed by atoms with Crippen LogP contribution in [-0.4, -0.2) is 9.55 Å². The molecule has 0 amide bonds. The summed E-state index contributed by atoms with van der Waals surface area (Å²) >= 11 is 8.22. The summed E-state index contributed by atoms with van der Waals surface area (Å²) in [5.74, 6) is 0.884. The smallest absolute Gasteiger partial charge is 0.207 e. The molecule has 1 aromatic heterocycles. The van der Waals surface area contributed by atoms with E-state index in [1.807, 2.05) is 25.1 Å². The maximum atomic E-state index is 5.95. The van der Waals surface area contributed by atoms with E-state index in [0.717, 1.165) is 38.9 Å². The van der Waals surface area contributed by atoms with Crippen molar-refractivity contribution in [3.8, 4) is 0 Å². The topological polar surface area (TPSA) is 29.9 Å². The number of aromatic nitrogens is 2. The van der Waals surface area contributed by atoms with Crippen LogP contribution >= 0.6 is 34.2 Å². The molecule has 0 aliphatic carbocycles. The van der Waals surface area contributed by atoms with Gasteiger partial charge in [0.25, 0.3) is 0 Å². The van der Waals surface area contributed by atoms with Crippen LogP contribution in [0.25, 0.3) is 0 Å². The predicted molar refractivity (Wildman–Crippen MR) is 84.7 cm³/mol. The van der Waals surface area contributed by atoms with Crippen molar-refractivity contribution in [1.29, 1.82) is 0 Å². The molecular formula is C13H15ClIN3. The second-order valence-electron chi connectivity index (χ2n) is 4.15. The minimum atomic E-state index is 0.748. The van der Waals surface area contributed by atoms with Crippen molar-refractivity contribution in [2.75, 3.05) is 5.32 Å². The van der Waals surface area contributed by atoms with E-state index in [4.69, 9.17) is 11.6 Å². The van der Waals surface area contributed by atoms with Crippen LogP contribution < -0.4 is 5.32 Å². The standard InChI is InChI=1S/C13H15ClIN3/c1-3-6-18-8-9(2)16-13(18)17-12-5-4-10(14)7-11(12)15/h4-5,7-8H,3,6H2,1-2H3,(H,16,17). The lowest BCUT2D eigenvalue weighted by atomic mass is 10.3. The molecule has 1 aromatic carbocycles. The van der Waals surface area contributed by atoms with Crippen molar-refractivity contribution in [2.45, 2.75) is 26.8 Å². The van der Waals surface area contributed by atoms with Crippen LogP contribution in [0.3, 0.4) is 0 Å². The van der Waals surface area contributed by atoms with Gasteiger partial charge in [-0.15, -0.1) is 0 Å². The average molecular weight is 376 g/mol. The summed E-state index contributed by atoms with van der Waals surface area (Å²) in [6.07, 6.45) is 3.15. The molecule has 18 heavy (non-hydrogen) atoms. The summed E-state index contributed by atoms with van der Waals surface area (Å²) in [7, 11) is 0. The monoisotopic (exact) mass is 375 g/mol. The Morgan fingerprint density at radius 3 is 2.89 bits per heavy atom. The van der Waals surface area contributed by atoms with Gasteiger partial charge in [0.2, 0.25) is 5.95 Å². The first-order valence-corrected chi connectivity index (χ1v) is 7.31. The van der Waals surface area contributed by atoms with Gasteiger partial charge >= 0.3 is 0 Å². The molecule has 0 aliphatic rings. The van der Waals surface area contributed by atoms with E-state index in [9.17, 15) is 0 Å². The minimum absolute atomic E-state index is 0.748. The van der Waals surface area contributed by atoms with Crippen LogP contribution in [-0.2, 0) is 6.54 Å². The molecule has 96 valence electrons. The minimum Gasteiger partial charge on any atom is -0.325 e. The second-order valence-corrected chi connectivity index (χ2v) is 5.75. The van der Waals surface area contributed by atoms with Crippen molar-refractivity contribution < 1.29 is 0 Å². The van der Waals surface area contributed by atoms with Crippen molar-refractivity contribution in [3.05, 3.63) is 38.7 Å². The van der Waals surface area contributed by atoms with E-state index in [0.29, 0.717) is 0 Å². The molecule has 0 spiro atoms. The van der Waals surface area contributed by atoms with E-state index < -0.39 is 0 Å². The molecule has 0 aliphatic heterocycles. The summed E-state index contributed by atoms with van der Waals surface area (Å²) in [4.78, 5) is 4.50. The van der Waals surface area contributed by atoms with Gasteiger partial charge in [0.05, 0.1) is 11.4 Å². The Balaban J connectivity index is 2.27. The normalized spacial score (nSPS) is 10.7. The summed E-state index contributed by atoms with van der Waals surface area (Å²) < 4.78 is 3.23. The zero-order valence-corrected chi connectivity index (χ0v) is 13.3. The molecular weight excluding hydrogens is 361 g/mol. The highest BCUT2D eigenvalue weighted by Gasteiger charge is 2.07. The predicted octanol–water partition coefficient (Wildman–Crippen LogP) is 4.60. The zero-order valence-electron chi connectivity index (χ0n) is 10.4. The van der Waals surface area contributed by atoms with E-state index in [1.165, 1.54) is 0 Å². The summed E-state index contributed by atoms with van der Waals surface area (Å²) in [5, 5.41) is 4.11. The van der Waals surface area contributed by atoms with Crippen molar-refractivity contribution in [3.63, 3.8) is 0 Å². The molecule has 0 radical (unpaired) electrons. The number of hydrogen-bond acceptors (Lipinski definition) is 2. The maximum Gasteiger partial charge on any atom is 0.207 e. The van der Waals surface area contributed by atoms with Gasteiger partial charge in [0.1, 0.15) is 0 Å². The lowest BCUT2D eigenvalue weighted by molar-refractivity contribution is 0.686. The number of imidazole rings is 1. The van der Waals surface area contributed by atoms with Gasteiger partial charge in [-0.2, -0.15) is 0 Å². The first kappa shape index (κ1) is 13.7. The van der Waals surface area contributed by atoms with Gasteiger partial charge in [0.15, 0.2) is 0 Å². The van der Waals surface area contributed by atoms with Crippen molar-refractivity contribution >= 4 is 45.8 Å². The molecule has 1 N–H and O–H groups in total. The highest BCUT2D eigenvalue weighted by molar-refractivity contribution is 14.1. The Morgan fingerprint density at radius 2 is 2.22 bits per heavy atom. The first-order valence-electron chi connectivity index (χ1n) is 5.86. The molecule has 0 saturated carbocycles. The first-order chi connectivity index (χ1) is 8.60. The van der Waals surface area contributed by atoms with E-state index >= 15 is 0 Å². The average Bonchev–Trinajstić information content (AvgIpc) is 2.64. The van der Waals surface area contributed by atoms with Crippen LogP contribution in [0.1, 0.15) is 19.0 Å².